The van der Waals surface area contributed by atoms with Crippen LogP contribution in [-0.4, -0.2) is 32.8 Å². The molecular formula is C25H24N5O2-. The first-order valence-corrected chi connectivity index (χ1v) is 11.0. The van der Waals surface area contributed by atoms with Crippen molar-refractivity contribution in [2.75, 3.05) is 0 Å². The molecule has 0 radical (unpaired) electrons. The molecule has 2 aliphatic carbocycles. The lowest BCUT2D eigenvalue weighted by Gasteiger charge is -2.14. The molecule has 32 heavy (non-hydrogen) atoms. The number of hydrogen-bond acceptors (Lipinski definition) is 6. The first kappa shape index (κ1) is 20.3. The molecule has 162 valence electrons. The number of aryl methyl sites for hydroxylation is 1. The summed E-state index contributed by atoms with van der Waals surface area (Å²) in [5, 5.41) is 26.0. The normalized spacial score (nSPS) is 20.8. The number of benzene rings is 1. The Hall–Kier alpha value is -3.66. The monoisotopic (exact) mass is 426 g/mol. The van der Waals surface area contributed by atoms with Crippen LogP contribution in [0, 0.1) is 24.2 Å². The van der Waals surface area contributed by atoms with Crippen LogP contribution >= 0.6 is 0 Å². The second-order valence-electron chi connectivity index (χ2n) is 8.63. The van der Waals surface area contributed by atoms with Gasteiger partial charge in [-0.25, -0.2) is 4.68 Å². The minimum Gasteiger partial charge on any atom is -0.858 e. The van der Waals surface area contributed by atoms with Gasteiger partial charge >= 0.3 is 0 Å². The average molecular weight is 427 g/mol. The van der Waals surface area contributed by atoms with Crippen LogP contribution in [0.5, 0.6) is 5.75 Å². The van der Waals surface area contributed by atoms with E-state index in [0.717, 1.165) is 54.5 Å². The standard InChI is InChI=1S/C25H25N5O2/c1-16-2-4-18(25(31)29-20-5-6-20)9-24(16)19-12-28-30(15-19)21-10-23(14-27-13-21)32-22-7-3-17(8-22)11-26/h2,4,9-10,12-15,17,20,22H,3,5-8H2,1H3,(H,29,31)/p-1. The zero-order valence-electron chi connectivity index (χ0n) is 17.9. The lowest BCUT2D eigenvalue weighted by Crippen LogP contribution is -2.19. The zero-order valence-corrected chi connectivity index (χ0v) is 17.9. The molecule has 0 bridgehead atoms. The molecule has 0 N–H and O–H groups in total. The predicted octanol–water partition coefficient (Wildman–Crippen LogP) is 3.58. The van der Waals surface area contributed by atoms with E-state index in [-0.39, 0.29) is 24.0 Å². The summed E-state index contributed by atoms with van der Waals surface area (Å²) in [6, 6.07) is 10.1. The fourth-order valence-electron chi connectivity index (χ4n) is 4.07. The molecule has 3 aromatic rings. The van der Waals surface area contributed by atoms with E-state index in [9.17, 15) is 5.11 Å². The van der Waals surface area contributed by atoms with Gasteiger partial charge in [0.15, 0.2) is 0 Å². The SMILES string of the molecule is Cc1ccc(C([O-])=NC2CC2)cc1-c1cnn(-c2cncc(OC3CCC(C#N)C3)c2)c1. The highest BCUT2D eigenvalue weighted by atomic mass is 16.5. The van der Waals surface area contributed by atoms with Gasteiger partial charge in [-0.1, -0.05) is 12.1 Å². The third-order valence-electron chi connectivity index (χ3n) is 6.06. The molecule has 0 spiro atoms. The summed E-state index contributed by atoms with van der Waals surface area (Å²) < 4.78 is 7.81. The van der Waals surface area contributed by atoms with E-state index >= 15 is 0 Å². The molecule has 1 aromatic carbocycles. The summed E-state index contributed by atoms with van der Waals surface area (Å²) in [6.45, 7) is 2.02. The topological polar surface area (TPSA) is 99.2 Å². The Morgan fingerprint density at radius 2 is 2.06 bits per heavy atom. The Kier molecular flexibility index (Phi) is 5.36. The van der Waals surface area contributed by atoms with Gasteiger partial charge in [0.25, 0.3) is 0 Å². The number of aromatic nitrogens is 3. The Labute approximate surface area is 187 Å². The fourth-order valence-corrected chi connectivity index (χ4v) is 4.07. The van der Waals surface area contributed by atoms with E-state index in [2.05, 4.69) is 21.1 Å². The average Bonchev–Trinajstić information content (AvgIpc) is 3.29. The summed E-state index contributed by atoms with van der Waals surface area (Å²) >= 11 is 0. The van der Waals surface area contributed by atoms with Gasteiger partial charge in [-0.05, 0) is 61.3 Å². The van der Waals surface area contributed by atoms with Crippen LogP contribution in [0.3, 0.4) is 0 Å². The molecule has 2 atom stereocenters. The van der Waals surface area contributed by atoms with Gasteiger partial charge in [0.1, 0.15) is 11.9 Å². The maximum atomic E-state index is 12.4. The largest absolute Gasteiger partial charge is 0.858 e. The molecule has 2 heterocycles. The number of ether oxygens (including phenoxy) is 1. The minimum atomic E-state index is -0.152. The van der Waals surface area contributed by atoms with E-state index in [4.69, 9.17) is 10.00 Å². The molecule has 2 unspecified atom stereocenters. The van der Waals surface area contributed by atoms with Crippen molar-refractivity contribution in [1.29, 1.82) is 5.26 Å². The van der Waals surface area contributed by atoms with Gasteiger partial charge in [0, 0.05) is 36.2 Å². The highest BCUT2D eigenvalue weighted by Crippen LogP contribution is 2.30. The Balaban J connectivity index is 1.37. The summed E-state index contributed by atoms with van der Waals surface area (Å²) in [5.74, 6) is 0.599. The molecule has 5 rings (SSSR count). The van der Waals surface area contributed by atoms with Gasteiger partial charge in [-0.15, -0.1) is 0 Å². The van der Waals surface area contributed by atoms with Crippen LogP contribution in [0.1, 0.15) is 43.2 Å². The van der Waals surface area contributed by atoms with Crippen LogP contribution in [0.4, 0.5) is 0 Å². The van der Waals surface area contributed by atoms with Crippen LogP contribution in [0.2, 0.25) is 0 Å². The predicted molar refractivity (Wildman–Crippen MR) is 118 cm³/mol. The number of nitrogens with zero attached hydrogens (tertiary/aromatic N) is 5. The highest BCUT2D eigenvalue weighted by Gasteiger charge is 2.26. The first-order valence-electron chi connectivity index (χ1n) is 11.0. The molecule has 2 saturated carbocycles. The number of nitriles is 1. The van der Waals surface area contributed by atoms with Crippen molar-refractivity contribution in [3.63, 3.8) is 0 Å². The number of pyridine rings is 1. The van der Waals surface area contributed by atoms with E-state index in [1.165, 1.54) is 0 Å². The fraction of sp³-hybridized carbons (Fsp3) is 0.360. The maximum absolute atomic E-state index is 12.4. The second kappa shape index (κ2) is 8.46. The van der Waals surface area contributed by atoms with Crippen LogP contribution < -0.4 is 9.84 Å². The van der Waals surface area contributed by atoms with Gasteiger partial charge in [-0.2, -0.15) is 10.4 Å². The number of aliphatic imine (C=N–C) groups is 1. The van der Waals surface area contributed by atoms with Gasteiger partial charge < -0.3 is 9.84 Å². The lowest BCUT2D eigenvalue weighted by molar-refractivity contribution is -0.213. The van der Waals surface area contributed by atoms with Crippen molar-refractivity contribution >= 4 is 5.90 Å². The van der Waals surface area contributed by atoms with Crippen molar-refractivity contribution in [3.05, 3.63) is 60.2 Å². The van der Waals surface area contributed by atoms with E-state index in [1.54, 1.807) is 23.3 Å². The van der Waals surface area contributed by atoms with Crippen molar-refractivity contribution in [3.8, 4) is 28.6 Å². The smallest absolute Gasteiger partial charge is 0.140 e. The molecule has 0 aliphatic heterocycles. The lowest BCUT2D eigenvalue weighted by atomic mass is 10.0. The van der Waals surface area contributed by atoms with Crippen molar-refractivity contribution < 1.29 is 9.84 Å². The second-order valence-corrected chi connectivity index (χ2v) is 8.63. The number of hydrogen-bond donors (Lipinski definition) is 0. The summed E-state index contributed by atoms with van der Waals surface area (Å²) in [7, 11) is 0. The van der Waals surface area contributed by atoms with Crippen LogP contribution in [0.25, 0.3) is 16.8 Å². The maximum Gasteiger partial charge on any atom is 0.140 e. The van der Waals surface area contributed by atoms with Crippen LogP contribution in [-0.2, 0) is 0 Å². The van der Waals surface area contributed by atoms with E-state index in [0.29, 0.717) is 11.3 Å². The molecule has 0 amide bonds. The summed E-state index contributed by atoms with van der Waals surface area (Å²) in [5.41, 5.74) is 4.34. The van der Waals surface area contributed by atoms with E-state index in [1.807, 2.05) is 37.4 Å². The molecule has 2 aliphatic rings. The third-order valence-corrected chi connectivity index (χ3v) is 6.06. The Morgan fingerprint density at radius 1 is 1.19 bits per heavy atom. The zero-order chi connectivity index (χ0) is 22.1. The van der Waals surface area contributed by atoms with Gasteiger partial charge in [-0.3, -0.25) is 9.98 Å². The highest BCUT2D eigenvalue weighted by molar-refractivity contribution is 5.92. The molecular weight excluding hydrogens is 402 g/mol. The van der Waals surface area contributed by atoms with Gasteiger partial charge in [0.05, 0.1) is 30.3 Å². The van der Waals surface area contributed by atoms with Crippen molar-refractivity contribution in [2.24, 2.45) is 10.9 Å². The van der Waals surface area contributed by atoms with Crippen LogP contribution in [0.15, 0.2) is 54.0 Å². The first-order chi connectivity index (χ1) is 15.6. The van der Waals surface area contributed by atoms with Crippen molar-refractivity contribution in [2.45, 2.75) is 51.2 Å². The quantitative estimate of drug-likeness (QED) is 0.443. The minimum absolute atomic E-state index is 0.0499. The molecule has 7 nitrogen and oxygen atoms in total. The summed E-state index contributed by atoms with van der Waals surface area (Å²) in [6.07, 6.45) is 11.7. The third kappa shape index (κ3) is 4.35. The van der Waals surface area contributed by atoms with Gasteiger partial charge in [0.2, 0.25) is 0 Å². The molecule has 0 saturated heterocycles. The summed E-state index contributed by atoms with van der Waals surface area (Å²) in [4.78, 5) is 8.54. The van der Waals surface area contributed by atoms with E-state index < -0.39 is 0 Å². The van der Waals surface area contributed by atoms with Crippen molar-refractivity contribution in [1.82, 2.24) is 14.8 Å². The Bertz CT molecular complexity index is 1210. The number of rotatable bonds is 6. The Morgan fingerprint density at radius 3 is 2.84 bits per heavy atom. The molecule has 7 heteroatoms. The molecule has 2 aromatic heterocycles. The molecule has 2 fully saturated rings.